The predicted molar refractivity (Wildman–Crippen MR) is 88.8 cm³/mol. The van der Waals surface area contributed by atoms with Crippen molar-refractivity contribution in [2.24, 2.45) is 0 Å². The number of urea groups is 1. The summed E-state index contributed by atoms with van der Waals surface area (Å²) in [5.41, 5.74) is 0.541. The van der Waals surface area contributed by atoms with Crippen LogP contribution in [0.3, 0.4) is 0 Å². The van der Waals surface area contributed by atoms with Crippen molar-refractivity contribution >= 4 is 40.2 Å². The van der Waals surface area contributed by atoms with Crippen molar-refractivity contribution in [3.63, 3.8) is 0 Å². The predicted octanol–water partition coefficient (Wildman–Crippen LogP) is 4.15. The van der Waals surface area contributed by atoms with Crippen molar-refractivity contribution in [2.45, 2.75) is 6.36 Å². The van der Waals surface area contributed by atoms with Crippen molar-refractivity contribution in [1.29, 1.82) is 0 Å². The van der Waals surface area contributed by atoms with E-state index in [0.717, 1.165) is 12.1 Å². The Morgan fingerprint density at radius 2 is 1.62 bits per heavy atom. The maximum Gasteiger partial charge on any atom is 0.573 e. The second-order valence-electron chi connectivity index (χ2n) is 4.46. The third kappa shape index (κ3) is 5.41. The molecule has 0 saturated heterocycles. The maximum atomic E-state index is 12.0. The Kier molecular flexibility index (Phi) is 5.65. The van der Waals surface area contributed by atoms with Gasteiger partial charge in [0.1, 0.15) is 5.75 Å². The summed E-state index contributed by atoms with van der Waals surface area (Å²) in [6.07, 6.45) is -4.79. The average Bonchev–Trinajstić information content (AvgIpc) is 2.48. The second kappa shape index (κ2) is 7.51. The van der Waals surface area contributed by atoms with Gasteiger partial charge in [-0.25, -0.2) is 4.79 Å². The van der Waals surface area contributed by atoms with E-state index in [9.17, 15) is 22.8 Å². The first-order chi connectivity index (χ1) is 11.2. The molecule has 3 amide bonds. The molecule has 2 N–H and O–H groups in total. The first kappa shape index (κ1) is 18.0. The lowest BCUT2D eigenvalue weighted by Gasteiger charge is -2.10. The summed E-state index contributed by atoms with van der Waals surface area (Å²) >= 11 is 1.96. The monoisotopic (exact) mass is 450 g/mol. The van der Waals surface area contributed by atoms with Crippen molar-refractivity contribution < 1.29 is 27.5 Å². The number of hydrogen-bond donors (Lipinski definition) is 2. The molecule has 0 fully saturated rings. The molecule has 0 aliphatic heterocycles. The molecular weight excluding hydrogens is 440 g/mol. The smallest absolute Gasteiger partial charge is 0.406 e. The maximum absolute atomic E-state index is 12.0. The van der Waals surface area contributed by atoms with Crippen LogP contribution in [0, 0.1) is 3.57 Å². The third-order valence-electron chi connectivity index (χ3n) is 2.69. The number of rotatable bonds is 3. The van der Waals surface area contributed by atoms with E-state index in [1.165, 1.54) is 12.1 Å². The Bertz CT molecular complexity index is 748. The molecule has 0 aliphatic carbocycles. The summed E-state index contributed by atoms with van der Waals surface area (Å²) in [5.74, 6) is -1.00. The van der Waals surface area contributed by atoms with E-state index >= 15 is 0 Å². The van der Waals surface area contributed by atoms with Crippen LogP contribution >= 0.6 is 22.6 Å². The zero-order valence-electron chi connectivity index (χ0n) is 11.9. The van der Waals surface area contributed by atoms with E-state index in [0.29, 0.717) is 9.13 Å². The SMILES string of the molecule is O=C(NC(=O)c1ccccc1I)Nc1ccc(OC(F)(F)F)cc1. The lowest BCUT2D eigenvalue weighted by molar-refractivity contribution is -0.274. The number of benzene rings is 2. The molecular formula is C15H10F3IN2O3. The minimum absolute atomic E-state index is 0.206. The molecule has 0 saturated carbocycles. The fourth-order valence-electron chi connectivity index (χ4n) is 1.72. The lowest BCUT2D eigenvalue weighted by Crippen LogP contribution is -2.34. The number of ether oxygens (including phenoxy) is 1. The standard InChI is InChI=1S/C15H10F3IN2O3/c16-15(17,18)24-10-7-5-9(6-8-10)20-14(23)21-13(22)11-3-1-2-4-12(11)19/h1-8H,(H2,20,21,22,23). The summed E-state index contributed by atoms with van der Waals surface area (Å²) < 4.78 is 40.5. The first-order valence-corrected chi connectivity index (χ1v) is 7.55. The highest BCUT2D eigenvalue weighted by Crippen LogP contribution is 2.23. The van der Waals surface area contributed by atoms with Crippen LogP contribution in [0.2, 0.25) is 0 Å². The molecule has 9 heteroatoms. The van der Waals surface area contributed by atoms with Crippen LogP contribution in [-0.4, -0.2) is 18.3 Å². The van der Waals surface area contributed by atoms with E-state index in [4.69, 9.17) is 0 Å². The molecule has 2 aromatic carbocycles. The van der Waals surface area contributed by atoms with Crippen LogP contribution in [0.1, 0.15) is 10.4 Å². The highest BCUT2D eigenvalue weighted by atomic mass is 127. The van der Waals surface area contributed by atoms with E-state index in [2.05, 4.69) is 15.4 Å². The van der Waals surface area contributed by atoms with Crippen molar-refractivity contribution in [3.8, 4) is 5.75 Å². The van der Waals surface area contributed by atoms with Gasteiger partial charge in [0.25, 0.3) is 5.91 Å². The molecule has 0 spiro atoms. The van der Waals surface area contributed by atoms with Gasteiger partial charge in [0.2, 0.25) is 0 Å². The van der Waals surface area contributed by atoms with Gasteiger partial charge in [-0.05, 0) is 59.0 Å². The summed E-state index contributed by atoms with van der Waals surface area (Å²) in [7, 11) is 0. The van der Waals surface area contributed by atoms with Gasteiger partial charge in [0, 0.05) is 9.26 Å². The molecule has 0 unspecified atom stereocenters. The number of carbonyl (C=O) groups is 2. The first-order valence-electron chi connectivity index (χ1n) is 6.47. The van der Waals surface area contributed by atoms with Gasteiger partial charge in [0.05, 0.1) is 5.56 Å². The van der Waals surface area contributed by atoms with Crippen LogP contribution in [0.15, 0.2) is 48.5 Å². The van der Waals surface area contributed by atoms with E-state index in [1.54, 1.807) is 24.3 Å². The van der Waals surface area contributed by atoms with E-state index < -0.39 is 24.1 Å². The zero-order valence-corrected chi connectivity index (χ0v) is 14.0. The summed E-state index contributed by atoms with van der Waals surface area (Å²) in [6.45, 7) is 0. The zero-order chi connectivity index (χ0) is 17.7. The number of imide groups is 1. The minimum Gasteiger partial charge on any atom is -0.406 e. The Hall–Kier alpha value is -2.30. The molecule has 0 atom stereocenters. The Labute approximate surface area is 148 Å². The molecule has 2 aromatic rings. The van der Waals surface area contributed by atoms with E-state index in [1.807, 2.05) is 22.6 Å². The topological polar surface area (TPSA) is 67.4 Å². The van der Waals surface area contributed by atoms with Crippen LogP contribution < -0.4 is 15.4 Å². The molecule has 5 nitrogen and oxygen atoms in total. The molecule has 24 heavy (non-hydrogen) atoms. The van der Waals surface area contributed by atoms with Crippen molar-refractivity contribution in [1.82, 2.24) is 5.32 Å². The van der Waals surface area contributed by atoms with Gasteiger partial charge >= 0.3 is 12.4 Å². The fourth-order valence-corrected chi connectivity index (χ4v) is 2.35. The number of halogens is 4. The number of alkyl halides is 3. The molecule has 0 radical (unpaired) electrons. The van der Waals surface area contributed by atoms with Crippen LogP contribution in [0.25, 0.3) is 0 Å². The summed E-state index contributed by atoms with van der Waals surface area (Å²) in [6, 6.07) is 10.4. The van der Waals surface area contributed by atoms with Crippen LogP contribution in [0.4, 0.5) is 23.7 Å². The molecule has 0 heterocycles. The van der Waals surface area contributed by atoms with Crippen LogP contribution in [-0.2, 0) is 0 Å². The molecule has 0 aliphatic rings. The molecule has 0 aromatic heterocycles. The Morgan fingerprint density at radius 3 is 2.21 bits per heavy atom. The van der Waals surface area contributed by atoms with Gasteiger partial charge in [-0.15, -0.1) is 13.2 Å². The summed E-state index contributed by atoms with van der Waals surface area (Å²) in [4.78, 5) is 23.7. The minimum atomic E-state index is -4.79. The highest BCUT2D eigenvalue weighted by Gasteiger charge is 2.30. The third-order valence-corrected chi connectivity index (χ3v) is 3.63. The molecule has 126 valence electrons. The van der Waals surface area contributed by atoms with Gasteiger partial charge < -0.3 is 10.1 Å². The average molecular weight is 450 g/mol. The normalized spacial score (nSPS) is 10.8. The number of carbonyl (C=O) groups excluding carboxylic acids is 2. The van der Waals surface area contributed by atoms with E-state index in [-0.39, 0.29) is 5.69 Å². The quantitative estimate of drug-likeness (QED) is 0.691. The van der Waals surface area contributed by atoms with Crippen LogP contribution in [0.5, 0.6) is 5.75 Å². The van der Waals surface area contributed by atoms with Gasteiger partial charge in [-0.1, -0.05) is 12.1 Å². The van der Waals surface area contributed by atoms with Gasteiger partial charge in [-0.2, -0.15) is 0 Å². The number of nitrogens with one attached hydrogen (secondary N) is 2. The molecule has 0 bridgehead atoms. The summed E-state index contributed by atoms with van der Waals surface area (Å²) in [5, 5.41) is 4.48. The largest absolute Gasteiger partial charge is 0.573 e. The Morgan fingerprint density at radius 1 is 1.00 bits per heavy atom. The highest BCUT2D eigenvalue weighted by molar-refractivity contribution is 14.1. The second-order valence-corrected chi connectivity index (χ2v) is 5.62. The van der Waals surface area contributed by atoms with Crippen molar-refractivity contribution in [2.75, 3.05) is 5.32 Å². The lowest BCUT2D eigenvalue weighted by atomic mass is 10.2. The number of anilines is 1. The Balaban J connectivity index is 1.95. The fraction of sp³-hybridized carbons (Fsp3) is 0.0667. The van der Waals surface area contributed by atoms with Gasteiger partial charge in [-0.3, -0.25) is 10.1 Å². The van der Waals surface area contributed by atoms with Gasteiger partial charge in [0.15, 0.2) is 0 Å². The number of amides is 3. The van der Waals surface area contributed by atoms with Crippen molar-refractivity contribution in [3.05, 3.63) is 57.7 Å². The number of hydrogen-bond acceptors (Lipinski definition) is 3. The molecule has 2 rings (SSSR count).